The third-order valence-electron chi connectivity index (χ3n) is 8.40. The molecule has 1 aromatic carbocycles. The number of carbonyl (C=O) groups excluding carboxylic acids is 1. The smallest absolute Gasteiger partial charge is 0.229 e. The first-order valence-corrected chi connectivity index (χ1v) is 13.9. The molecule has 1 saturated heterocycles. The molecule has 9 nitrogen and oxygen atoms in total. The van der Waals surface area contributed by atoms with E-state index in [-0.39, 0.29) is 40.6 Å². The van der Waals surface area contributed by atoms with Crippen LogP contribution in [0.25, 0.3) is 16.8 Å². The lowest BCUT2D eigenvalue weighted by Crippen LogP contribution is -2.54. The van der Waals surface area contributed by atoms with Crippen molar-refractivity contribution in [3.63, 3.8) is 0 Å². The Balaban J connectivity index is 1.30. The van der Waals surface area contributed by atoms with Gasteiger partial charge in [-0.2, -0.15) is 9.61 Å². The third kappa shape index (κ3) is 4.99. The minimum atomic E-state index is -1.17. The first-order valence-electron chi connectivity index (χ1n) is 13.9. The Bertz CT molecular complexity index is 1580. The van der Waals surface area contributed by atoms with Crippen molar-refractivity contribution < 1.29 is 18.7 Å². The lowest BCUT2D eigenvalue weighted by atomic mass is 9.75. The van der Waals surface area contributed by atoms with E-state index in [1.807, 2.05) is 6.07 Å². The summed E-state index contributed by atoms with van der Waals surface area (Å²) in [6.07, 6.45) is 6.86. The Kier molecular flexibility index (Phi) is 6.85. The van der Waals surface area contributed by atoms with E-state index in [1.165, 1.54) is 16.6 Å². The van der Waals surface area contributed by atoms with E-state index >= 15 is 8.78 Å². The van der Waals surface area contributed by atoms with Crippen molar-refractivity contribution in [1.82, 2.24) is 24.9 Å². The van der Waals surface area contributed by atoms with Crippen molar-refractivity contribution in [3.05, 3.63) is 66.1 Å². The van der Waals surface area contributed by atoms with Crippen molar-refractivity contribution >= 4 is 28.7 Å². The molecule has 11 heteroatoms. The van der Waals surface area contributed by atoms with E-state index in [2.05, 4.69) is 44.4 Å². The highest BCUT2D eigenvalue weighted by atomic mass is 19.1. The second kappa shape index (κ2) is 10.4. The molecule has 214 valence electrons. The van der Waals surface area contributed by atoms with Crippen LogP contribution in [0, 0.1) is 23.5 Å². The lowest BCUT2D eigenvalue weighted by molar-refractivity contribution is -0.120. The van der Waals surface area contributed by atoms with Crippen LogP contribution in [0.5, 0.6) is 0 Å². The summed E-state index contributed by atoms with van der Waals surface area (Å²) in [6, 6.07) is 7.68. The van der Waals surface area contributed by atoms with E-state index in [0.29, 0.717) is 30.0 Å². The summed E-state index contributed by atoms with van der Waals surface area (Å²) in [7, 11) is 0. The van der Waals surface area contributed by atoms with Gasteiger partial charge in [-0.15, -0.1) is 0 Å². The molecule has 3 aromatic heterocycles. The first-order chi connectivity index (χ1) is 19.6. The molecular weight excluding hydrogens is 528 g/mol. The molecule has 1 aliphatic carbocycles. The molecule has 1 saturated carbocycles. The van der Waals surface area contributed by atoms with Crippen molar-refractivity contribution in [2.45, 2.75) is 51.7 Å². The number of nitrogens with zero attached hydrogens (tertiary/aromatic N) is 5. The third-order valence-corrected chi connectivity index (χ3v) is 8.40. The maximum atomic E-state index is 15.2. The van der Waals surface area contributed by atoms with Gasteiger partial charge in [0.25, 0.3) is 0 Å². The molecular formula is C30H33F2N7O2. The zero-order chi connectivity index (χ0) is 28.9. The summed E-state index contributed by atoms with van der Waals surface area (Å²) in [4.78, 5) is 22.7. The standard InChI is InChI=1S/C30H33F2N7O2/c1-17-15-38(16-18(2)28(17)35-19(3)40)26-7-10-33-14-25(26)36-29-34-13-21-5-6-24(37-39(21)29)27-22(31)11-20(12-23(27)32)30(41)8-4-9-30/h5-7,10-14,17-18,28,41H,4,8-9,15-16H2,1-3H3,(H,34,36)(H,35,40)/t17-,18+,28?. The lowest BCUT2D eigenvalue weighted by Gasteiger charge is -2.43. The molecule has 41 heavy (non-hydrogen) atoms. The quantitative estimate of drug-likeness (QED) is 0.311. The number of aromatic nitrogens is 4. The minimum absolute atomic E-state index is 0.0298. The number of amides is 1. The van der Waals surface area contributed by atoms with Crippen LogP contribution in [0.4, 0.5) is 26.1 Å². The fourth-order valence-electron chi connectivity index (χ4n) is 6.14. The van der Waals surface area contributed by atoms with Gasteiger partial charge in [-0.1, -0.05) is 13.8 Å². The van der Waals surface area contributed by atoms with Gasteiger partial charge in [0.05, 0.1) is 46.1 Å². The summed E-state index contributed by atoms with van der Waals surface area (Å²) in [5, 5.41) is 21.5. The van der Waals surface area contributed by atoms with Gasteiger partial charge < -0.3 is 20.6 Å². The molecule has 6 rings (SSSR count). The van der Waals surface area contributed by atoms with Gasteiger partial charge >= 0.3 is 0 Å². The van der Waals surface area contributed by atoms with E-state index in [1.54, 1.807) is 37.6 Å². The fourth-order valence-corrected chi connectivity index (χ4v) is 6.14. The van der Waals surface area contributed by atoms with Crippen molar-refractivity contribution in [3.8, 4) is 11.3 Å². The van der Waals surface area contributed by atoms with Crippen LogP contribution in [-0.4, -0.2) is 49.7 Å². The summed E-state index contributed by atoms with van der Waals surface area (Å²) in [5.41, 5.74) is 1.20. The second-order valence-electron chi connectivity index (χ2n) is 11.4. The monoisotopic (exact) mass is 561 g/mol. The van der Waals surface area contributed by atoms with Crippen molar-refractivity contribution in [1.29, 1.82) is 0 Å². The van der Waals surface area contributed by atoms with Crippen molar-refractivity contribution in [2.75, 3.05) is 23.3 Å². The van der Waals surface area contributed by atoms with Gasteiger partial charge in [-0.25, -0.2) is 13.8 Å². The summed E-state index contributed by atoms with van der Waals surface area (Å²) in [6.45, 7) is 7.28. The van der Waals surface area contributed by atoms with Crippen molar-refractivity contribution in [2.24, 2.45) is 11.8 Å². The first kappa shape index (κ1) is 27.1. The largest absolute Gasteiger partial charge is 0.385 e. The number of fused-ring (bicyclic) bond motifs is 1. The number of pyridine rings is 1. The maximum absolute atomic E-state index is 15.2. The molecule has 3 N–H and O–H groups in total. The number of nitrogens with one attached hydrogen (secondary N) is 2. The molecule has 1 unspecified atom stereocenters. The summed E-state index contributed by atoms with van der Waals surface area (Å²) >= 11 is 0. The Hall–Kier alpha value is -4.12. The average molecular weight is 562 g/mol. The molecule has 0 bridgehead atoms. The molecule has 2 fully saturated rings. The molecule has 0 radical (unpaired) electrons. The minimum Gasteiger partial charge on any atom is -0.385 e. The maximum Gasteiger partial charge on any atom is 0.229 e. The SMILES string of the molecule is CC(=O)NC1[C@H](C)CN(c2ccncc2Nc2ncc3ccc(-c4c(F)cc(C5(O)CCC5)cc4F)nn23)C[C@@H]1C. The number of hydrogen-bond acceptors (Lipinski definition) is 7. The molecule has 0 spiro atoms. The van der Waals surface area contributed by atoms with Crippen LogP contribution in [0.2, 0.25) is 0 Å². The highest BCUT2D eigenvalue weighted by Gasteiger charge is 2.37. The topological polar surface area (TPSA) is 108 Å². The number of piperidine rings is 1. The number of imidazole rings is 1. The Morgan fingerprint density at radius 2 is 1.78 bits per heavy atom. The van der Waals surface area contributed by atoms with Crippen LogP contribution in [-0.2, 0) is 10.4 Å². The number of benzene rings is 1. The van der Waals surface area contributed by atoms with Gasteiger partial charge in [0.2, 0.25) is 11.9 Å². The number of rotatable bonds is 6. The number of carbonyl (C=O) groups is 1. The summed E-state index contributed by atoms with van der Waals surface area (Å²) < 4.78 is 31.9. The second-order valence-corrected chi connectivity index (χ2v) is 11.4. The van der Waals surface area contributed by atoms with Gasteiger partial charge in [-0.3, -0.25) is 9.78 Å². The number of anilines is 3. The van der Waals surface area contributed by atoms with Crippen LogP contribution < -0.4 is 15.5 Å². The zero-order valence-corrected chi connectivity index (χ0v) is 23.2. The molecule has 4 aromatic rings. The van der Waals surface area contributed by atoms with Gasteiger partial charge in [0.15, 0.2) is 0 Å². The number of aliphatic hydroxyl groups is 1. The molecule has 1 aliphatic heterocycles. The predicted molar refractivity (Wildman–Crippen MR) is 152 cm³/mol. The molecule has 2 aliphatic rings. The van der Waals surface area contributed by atoms with Gasteiger partial charge in [0.1, 0.15) is 11.6 Å². The highest BCUT2D eigenvalue weighted by Crippen LogP contribution is 2.42. The summed E-state index contributed by atoms with van der Waals surface area (Å²) in [5.74, 6) is -0.767. The molecule has 1 amide bonds. The van der Waals surface area contributed by atoms with Crippen LogP contribution in [0.15, 0.2) is 48.9 Å². The average Bonchev–Trinajstić information content (AvgIpc) is 3.31. The normalized spacial score (nSPS) is 21.9. The predicted octanol–water partition coefficient (Wildman–Crippen LogP) is 4.78. The Morgan fingerprint density at radius 3 is 2.41 bits per heavy atom. The van der Waals surface area contributed by atoms with Gasteiger partial charge in [0, 0.05) is 32.3 Å². The number of halogens is 2. The van der Waals surface area contributed by atoms with E-state index in [0.717, 1.165) is 25.2 Å². The molecule has 3 atom stereocenters. The van der Waals surface area contributed by atoms with E-state index < -0.39 is 17.2 Å². The van der Waals surface area contributed by atoms with Gasteiger partial charge in [-0.05, 0) is 67.0 Å². The zero-order valence-electron chi connectivity index (χ0n) is 23.2. The Morgan fingerprint density at radius 1 is 1.07 bits per heavy atom. The van der Waals surface area contributed by atoms with Crippen LogP contribution in [0.3, 0.4) is 0 Å². The van der Waals surface area contributed by atoms with E-state index in [9.17, 15) is 9.90 Å². The van der Waals surface area contributed by atoms with Crippen LogP contribution >= 0.6 is 0 Å². The van der Waals surface area contributed by atoms with Crippen LogP contribution in [0.1, 0.15) is 45.6 Å². The molecule has 4 heterocycles. The van der Waals surface area contributed by atoms with E-state index in [4.69, 9.17) is 0 Å². The fraction of sp³-hybridized carbons (Fsp3) is 0.400. The number of hydrogen-bond donors (Lipinski definition) is 3. The Labute approximate surface area is 236 Å². The highest BCUT2D eigenvalue weighted by molar-refractivity contribution is 5.75.